The van der Waals surface area contributed by atoms with Crippen molar-refractivity contribution in [2.45, 2.75) is 23.8 Å². The molecule has 23 heavy (non-hydrogen) atoms. The molecule has 1 fully saturated rings. The lowest BCUT2D eigenvalue weighted by Crippen LogP contribution is -2.30. The fourth-order valence-corrected chi connectivity index (χ4v) is 4.93. The van der Waals surface area contributed by atoms with Crippen LogP contribution in [0.3, 0.4) is 0 Å². The van der Waals surface area contributed by atoms with E-state index in [1.807, 2.05) is 24.3 Å². The Morgan fingerprint density at radius 3 is 2.57 bits per heavy atom. The van der Waals surface area contributed by atoms with Gasteiger partial charge in [0.05, 0.1) is 18.0 Å². The summed E-state index contributed by atoms with van der Waals surface area (Å²) in [5.74, 6) is 0.760. The minimum Gasteiger partial charge on any atom is -0.497 e. The van der Waals surface area contributed by atoms with Gasteiger partial charge in [0.15, 0.2) is 0 Å². The molecule has 4 nitrogen and oxygen atoms in total. The molecule has 6 heteroatoms. The summed E-state index contributed by atoms with van der Waals surface area (Å²) in [7, 11) is -1.94. The Kier molecular flexibility index (Phi) is 4.62. The second-order valence-electron chi connectivity index (χ2n) is 5.50. The molecule has 1 aliphatic heterocycles. The number of benzene rings is 2. The Labute approximate surface area is 141 Å². The zero-order valence-corrected chi connectivity index (χ0v) is 14.3. The van der Waals surface area contributed by atoms with E-state index in [9.17, 15) is 8.42 Å². The molecule has 0 amide bonds. The van der Waals surface area contributed by atoms with Gasteiger partial charge in [0.1, 0.15) is 5.75 Å². The van der Waals surface area contributed by atoms with Crippen LogP contribution in [-0.4, -0.2) is 26.4 Å². The normalized spacial score (nSPS) is 19.0. The molecule has 3 rings (SSSR count). The number of nitrogens with zero attached hydrogens (tertiary/aromatic N) is 1. The second kappa shape index (κ2) is 6.51. The molecule has 2 aromatic rings. The molecule has 1 aliphatic rings. The van der Waals surface area contributed by atoms with Gasteiger partial charge in [0.2, 0.25) is 10.0 Å². The Hall–Kier alpha value is -1.56. The molecule has 0 N–H and O–H groups in total. The summed E-state index contributed by atoms with van der Waals surface area (Å²) >= 11 is 5.95. The van der Waals surface area contributed by atoms with Gasteiger partial charge < -0.3 is 4.74 Å². The lowest BCUT2D eigenvalue weighted by molar-refractivity contribution is 0.394. The molecule has 122 valence electrons. The van der Waals surface area contributed by atoms with Gasteiger partial charge in [0, 0.05) is 11.6 Å². The van der Waals surface area contributed by atoms with E-state index in [0.29, 0.717) is 11.6 Å². The fourth-order valence-electron chi connectivity index (χ4n) is 2.95. The van der Waals surface area contributed by atoms with Crippen LogP contribution >= 0.6 is 11.6 Å². The predicted molar refractivity (Wildman–Crippen MR) is 90.3 cm³/mol. The Bertz CT molecular complexity index is 790. The van der Waals surface area contributed by atoms with Gasteiger partial charge in [-0.15, -0.1) is 0 Å². The lowest BCUT2D eigenvalue weighted by atomic mass is 10.1. The number of ether oxygens (including phenoxy) is 1. The molecule has 1 saturated heterocycles. The molecular formula is C17H18ClNO3S. The molecule has 0 aliphatic carbocycles. The summed E-state index contributed by atoms with van der Waals surface area (Å²) in [6, 6.07) is 13.8. The van der Waals surface area contributed by atoms with E-state index in [1.54, 1.807) is 29.6 Å². The van der Waals surface area contributed by atoms with Crippen LogP contribution < -0.4 is 4.74 Å². The Balaban J connectivity index is 1.94. The number of sulfonamides is 1. The van der Waals surface area contributed by atoms with Crippen LogP contribution in [-0.2, 0) is 10.0 Å². The van der Waals surface area contributed by atoms with Crippen LogP contribution in [0.15, 0.2) is 53.4 Å². The summed E-state index contributed by atoms with van der Waals surface area (Å²) in [6.07, 6.45) is 1.66. The highest BCUT2D eigenvalue weighted by molar-refractivity contribution is 7.89. The number of halogens is 1. The quantitative estimate of drug-likeness (QED) is 0.839. The maximum atomic E-state index is 12.9. The third-order valence-electron chi connectivity index (χ3n) is 4.11. The van der Waals surface area contributed by atoms with Crippen molar-refractivity contribution in [2.75, 3.05) is 13.7 Å². The first-order valence-corrected chi connectivity index (χ1v) is 9.25. The molecule has 0 spiro atoms. The van der Waals surface area contributed by atoms with Crippen molar-refractivity contribution in [3.63, 3.8) is 0 Å². The first-order valence-electron chi connectivity index (χ1n) is 7.44. The number of rotatable bonds is 4. The Morgan fingerprint density at radius 1 is 1.17 bits per heavy atom. The highest BCUT2D eigenvalue weighted by atomic mass is 35.5. The fraction of sp³-hybridized carbons (Fsp3) is 0.294. The monoisotopic (exact) mass is 351 g/mol. The van der Waals surface area contributed by atoms with E-state index >= 15 is 0 Å². The van der Waals surface area contributed by atoms with Crippen LogP contribution in [0.4, 0.5) is 0 Å². The summed E-state index contributed by atoms with van der Waals surface area (Å²) in [6.45, 7) is 0.519. The molecule has 1 heterocycles. The van der Waals surface area contributed by atoms with Crippen LogP contribution in [0.5, 0.6) is 5.75 Å². The molecule has 2 aromatic carbocycles. The molecular weight excluding hydrogens is 334 g/mol. The second-order valence-corrected chi connectivity index (χ2v) is 7.83. The van der Waals surface area contributed by atoms with Crippen LogP contribution in [0.1, 0.15) is 24.4 Å². The zero-order chi connectivity index (χ0) is 16.4. The highest BCUT2D eigenvalue weighted by Gasteiger charge is 2.36. The standard InChI is InChI=1S/C17H18ClNO3S/c1-22-15-9-7-13(8-10-15)17-6-3-11-19(17)23(20,21)16-5-2-4-14(18)12-16/h2,4-5,7-10,12,17H,3,6,11H2,1H3. The third kappa shape index (κ3) is 3.22. The van der Waals surface area contributed by atoms with Gasteiger partial charge in [0.25, 0.3) is 0 Å². The first-order chi connectivity index (χ1) is 11.0. The maximum absolute atomic E-state index is 12.9. The summed E-state index contributed by atoms with van der Waals surface area (Å²) < 4.78 is 32.6. The van der Waals surface area contributed by atoms with E-state index in [4.69, 9.17) is 16.3 Å². The predicted octanol–water partition coefficient (Wildman–Crippen LogP) is 3.87. The van der Waals surface area contributed by atoms with Gasteiger partial charge in [-0.25, -0.2) is 8.42 Å². The van der Waals surface area contributed by atoms with Crippen molar-refractivity contribution >= 4 is 21.6 Å². The third-order valence-corrected chi connectivity index (χ3v) is 6.25. The van der Waals surface area contributed by atoms with Crippen LogP contribution in [0.25, 0.3) is 0 Å². The largest absolute Gasteiger partial charge is 0.497 e. The average Bonchev–Trinajstić information content (AvgIpc) is 3.05. The van der Waals surface area contributed by atoms with Crippen molar-refractivity contribution < 1.29 is 13.2 Å². The van der Waals surface area contributed by atoms with Gasteiger partial charge in [-0.1, -0.05) is 29.8 Å². The molecule has 1 unspecified atom stereocenters. The van der Waals surface area contributed by atoms with Crippen molar-refractivity contribution in [1.29, 1.82) is 0 Å². The summed E-state index contributed by atoms with van der Waals surface area (Å²) in [4.78, 5) is 0.241. The lowest BCUT2D eigenvalue weighted by Gasteiger charge is -2.24. The van der Waals surface area contributed by atoms with Gasteiger partial charge in [-0.3, -0.25) is 0 Å². The minimum atomic E-state index is -3.56. The molecule has 0 saturated carbocycles. The van der Waals surface area contributed by atoms with Gasteiger partial charge >= 0.3 is 0 Å². The Morgan fingerprint density at radius 2 is 1.91 bits per heavy atom. The van der Waals surface area contributed by atoms with Crippen molar-refractivity contribution in [3.05, 3.63) is 59.1 Å². The average molecular weight is 352 g/mol. The van der Waals surface area contributed by atoms with E-state index < -0.39 is 10.0 Å². The van der Waals surface area contributed by atoms with E-state index in [2.05, 4.69) is 0 Å². The molecule has 1 atom stereocenters. The molecule has 0 radical (unpaired) electrons. The maximum Gasteiger partial charge on any atom is 0.243 e. The van der Waals surface area contributed by atoms with E-state index in [1.165, 1.54) is 6.07 Å². The van der Waals surface area contributed by atoms with E-state index in [-0.39, 0.29) is 10.9 Å². The minimum absolute atomic E-state index is 0.148. The molecule has 0 bridgehead atoms. The van der Waals surface area contributed by atoms with Crippen LogP contribution in [0.2, 0.25) is 5.02 Å². The zero-order valence-electron chi connectivity index (χ0n) is 12.8. The highest BCUT2D eigenvalue weighted by Crippen LogP contribution is 2.37. The van der Waals surface area contributed by atoms with Crippen LogP contribution in [0, 0.1) is 0 Å². The van der Waals surface area contributed by atoms with Gasteiger partial charge in [-0.2, -0.15) is 4.31 Å². The number of methoxy groups -OCH3 is 1. The summed E-state index contributed by atoms with van der Waals surface area (Å²) in [5.41, 5.74) is 0.980. The van der Waals surface area contributed by atoms with Crippen molar-refractivity contribution in [1.82, 2.24) is 4.31 Å². The topological polar surface area (TPSA) is 46.6 Å². The van der Waals surface area contributed by atoms with Gasteiger partial charge in [-0.05, 0) is 48.7 Å². The first kappa shape index (κ1) is 16.3. The molecule has 0 aromatic heterocycles. The smallest absolute Gasteiger partial charge is 0.243 e. The van der Waals surface area contributed by atoms with Crippen molar-refractivity contribution in [3.8, 4) is 5.75 Å². The summed E-state index contributed by atoms with van der Waals surface area (Å²) in [5, 5.41) is 0.422. The van der Waals surface area contributed by atoms with E-state index in [0.717, 1.165) is 24.2 Å². The number of hydrogen-bond acceptors (Lipinski definition) is 3. The van der Waals surface area contributed by atoms with Crippen molar-refractivity contribution in [2.24, 2.45) is 0 Å². The SMILES string of the molecule is COc1ccc(C2CCCN2S(=O)(=O)c2cccc(Cl)c2)cc1. The number of hydrogen-bond donors (Lipinski definition) is 0.